The van der Waals surface area contributed by atoms with Crippen molar-refractivity contribution < 1.29 is 19.7 Å². The van der Waals surface area contributed by atoms with Gasteiger partial charge < -0.3 is 24.6 Å². The zero-order valence-corrected chi connectivity index (χ0v) is 18.9. The standard InChI is InChI=1S/C24H32N2O4S/c1-29-20-8-9-21-22(16-20)31-24(18-27,23(28)17-30-21)10-5-11-25-12-14-26(15-13-25)19-6-3-2-4-7-19/h2-4,6-9,16,23,27-28H,5,10-15,17-18H2,1H3. The number of ether oxygens (including phenoxy) is 2. The summed E-state index contributed by atoms with van der Waals surface area (Å²) in [5.41, 5.74) is 1.29. The molecule has 0 aliphatic carbocycles. The molecule has 2 aromatic rings. The number of fused-ring (bicyclic) bond motifs is 1. The average Bonchev–Trinajstić information content (AvgIpc) is 2.96. The van der Waals surface area contributed by atoms with Gasteiger partial charge >= 0.3 is 0 Å². The first kappa shape index (κ1) is 22.3. The van der Waals surface area contributed by atoms with E-state index in [-0.39, 0.29) is 13.2 Å². The summed E-state index contributed by atoms with van der Waals surface area (Å²) in [4.78, 5) is 5.81. The van der Waals surface area contributed by atoms with E-state index in [2.05, 4.69) is 40.1 Å². The molecule has 0 aromatic heterocycles. The van der Waals surface area contributed by atoms with Gasteiger partial charge in [0.05, 0.1) is 23.4 Å². The molecule has 2 N–H and O–H groups in total. The zero-order chi connectivity index (χ0) is 21.7. The van der Waals surface area contributed by atoms with Gasteiger partial charge in [0.2, 0.25) is 0 Å². The van der Waals surface area contributed by atoms with Crippen LogP contribution < -0.4 is 14.4 Å². The van der Waals surface area contributed by atoms with E-state index >= 15 is 0 Å². The maximum atomic E-state index is 10.8. The molecule has 7 heteroatoms. The van der Waals surface area contributed by atoms with Crippen LogP contribution in [0.25, 0.3) is 0 Å². The van der Waals surface area contributed by atoms with Gasteiger partial charge in [-0.3, -0.25) is 4.90 Å². The maximum Gasteiger partial charge on any atom is 0.133 e. The molecule has 0 bridgehead atoms. The molecule has 1 saturated heterocycles. The normalized spacial score (nSPS) is 24.2. The first-order valence-corrected chi connectivity index (χ1v) is 11.8. The van der Waals surface area contributed by atoms with Gasteiger partial charge in [0, 0.05) is 31.9 Å². The Bertz CT molecular complexity index is 845. The lowest BCUT2D eigenvalue weighted by Gasteiger charge is -2.37. The fraction of sp³-hybridized carbons (Fsp3) is 0.500. The summed E-state index contributed by atoms with van der Waals surface area (Å²) in [6, 6.07) is 16.2. The first-order valence-electron chi connectivity index (χ1n) is 10.9. The SMILES string of the molecule is COc1ccc2c(c1)SC(CO)(CCCN1CCN(c3ccccc3)CC1)C(O)CO2. The van der Waals surface area contributed by atoms with Crippen LogP contribution in [0.1, 0.15) is 12.8 Å². The summed E-state index contributed by atoms with van der Waals surface area (Å²) in [7, 11) is 1.63. The number of para-hydroxylation sites is 1. The Hall–Kier alpha value is -1.93. The summed E-state index contributed by atoms with van der Waals surface area (Å²) in [6.45, 7) is 5.15. The van der Waals surface area contributed by atoms with Crippen molar-refractivity contribution in [2.75, 3.05) is 57.9 Å². The van der Waals surface area contributed by atoms with E-state index in [9.17, 15) is 10.2 Å². The molecular formula is C24H32N2O4S. The highest BCUT2D eigenvalue weighted by Crippen LogP contribution is 2.46. The fourth-order valence-electron chi connectivity index (χ4n) is 4.33. The van der Waals surface area contributed by atoms with Gasteiger partial charge in [-0.2, -0.15) is 0 Å². The second kappa shape index (κ2) is 10.1. The van der Waals surface area contributed by atoms with Crippen molar-refractivity contribution >= 4 is 17.4 Å². The van der Waals surface area contributed by atoms with Crippen LogP contribution in [0, 0.1) is 0 Å². The van der Waals surface area contributed by atoms with Crippen LogP contribution in [0.15, 0.2) is 53.4 Å². The molecule has 31 heavy (non-hydrogen) atoms. The van der Waals surface area contributed by atoms with E-state index in [0.717, 1.165) is 55.5 Å². The molecule has 2 aromatic carbocycles. The number of hydrogen-bond donors (Lipinski definition) is 2. The van der Waals surface area contributed by atoms with Gasteiger partial charge in [-0.25, -0.2) is 0 Å². The molecular weight excluding hydrogens is 412 g/mol. The molecule has 2 heterocycles. The van der Waals surface area contributed by atoms with Crippen LogP contribution in [0.5, 0.6) is 11.5 Å². The molecule has 6 nitrogen and oxygen atoms in total. The zero-order valence-electron chi connectivity index (χ0n) is 18.1. The lowest BCUT2D eigenvalue weighted by atomic mass is 9.96. The van der Waals surface area contributed by atoms with E-state index in [4.69, 9.17) is 9.47 Å². The molecule has 2 unspecified atom stereocenters. The number of nitrogens with zero attached hydrogens (tertiary/aromatic N) is 2. The Morgan fingerprint density at radius 2 is 1.90 bits per heavy atom. The highest BCUT2D eigenvalue weighted by atomic mass is 32.2. The summed E-state index contributed by atoms with van der Waals surface area (Å²) in [6.07, 6.45) is 0.888. The smallest absolute Gasteiger partial charge is 0.133 e. The molecule has 1 fully saturated rings. The van der Waals surface area contributed by atoms with Crippen molar-refractivity contribution in [1.82, 2.24) is 4.90 Å². The number of aliphatic hydroxyl groups excluding tert-OH is 2. The maximum absolute atomic E-state index is 10.8. The van der Waals surface area contributed by atoms with Crippen molar-refractivity contribution in [3.05, 3.63) is 48.5 Å². The third-order valence-corrected chi connectivity index (χ3v) is 7.85. The number of hydrogen-bond acceptors (Lipinski definition) is 7. The van der Waals surface area contributed by atoms with Crippen LogP contribution in [-0.2, 0) is 0 Å². The monoisotopic (exact) mass is 444 g/mol. The second-order valence-corrected chi connectivity index (χ2v) is 9.69. The van der Waals surface area contributed by atoms with Crippen LogP contribution >= 0.6 is 11.8 Å². The average molecular weight is 445 g/mol. The van der Waals surface area contributed by atoms with Crippen molar-refractivity contribution in [3.8, 4) is 11.5 Å². The number of piperazine rings is 1. The van der Waals surface area contributed by atoms with Crippen molar-refractivity contribution in [2.45, 2.75) is 28.6 Å². The first-order chi connectivity index (χ1) is 15.1. The van der Waals surface area contributed by atoms with Crippen molar-refractivity contribution in [1.29, 1.82) is 0 Å². The second-order valence-electron chi connectivity index (χ2n) is 8.23. The van der Waals surface area contributed by atoms with Crippen LogP contribution in [0.4, 0.5) is 5.69 Å². The van der Waals surface area contributed by atoms with Gasteiger partial charge in [-0.15, -0.1) is 11.8 Å². The number of anilines is 1. The predicted molar refractivity (Wildman–Crippen MR) is 124 cm³/mol. The quantitative estimate of drug-likeness (QED) is 0.681. The largest absolute Gasteiger partial charge is 0.497 e. The van der Waals surface area contributed by atoms with E-state index in [1.165, 1.54) is 17.4 Å². The Labute approximate surface area is 188 Å². The van der Waals surface area contributed by atoms with Gasteiger partial charge in [0.15, 0.2) is 0 Å². The lowest BCUT2D eigenvalue weighted by Crippen LogP contribution is -2.48. The number of benzene rings is 2. The lowest BCUT2D eigenvalue weighted by molar-refractivity contribution is 0.0455. The fourth-order valence-corrected chi connectivity index (χ4v) is 5.68. The summed E-state index contributed by atoms with van der Waals surface area (Å²) in [5, 5.41) is 21.1. The topological polar surface area (TPSA) is 65.4 Å². The molecule has 2 atom stereocenters. The molecule has 2 aliphatic heterocycles. The molecule has 0 saturated carbocycles. The molecule has 0 radical (unpaired) electrons. The number of rotatable bonds is 7. The van der Waals surface area contributed by atoms with Gasteiger partial charge in [0.25, 0.3) is 0 Å². The van der Waals surface area contributed by atoms with E-state index in [0.29, 0.717) is 6.42 Å². The third kappa shape index (κ3) is 5.12. The van der Waals surface area contributed by atoms with Crippen LogP contribution in [0.3, 0.4) is 0 Å². The van der Waals surface area contributed by atoms with Crippen molar-refractivity contribution in [2.24, 2.45) is 0 Å². The van der Waals surface area contributed by atoms with Gasteiger partial charge in [0.1, 0.15) is 24.2 Å². The van der Waals surface area contributed by atoms with Gasteiger partial charge in [-0.05, 0) is 49.7 Å². The molecule has 168 valence electrons. The van der Waals surface area contributed by atoms with E-state index < -0.39 is 10.9 Å². The Balaban J connectivity index is 1.34. The van der Waals surface area contributed by atoms with E-state index in [1.807, 2.05) is 18.2 Å². The van der Waals surface area contributed by atoms with E-state index in [1.54, 1.807) is 7.11 Å². The molecule has 0 amide bonds. The highest BCUT2D eigenvalue weighted by Gasteiger charge is 2.41. The summed E-state index contributed by atoms with van der Waals surface area (Å²) < 4.78 is 10.5. The van der Waals surface area contributed by atoms with Crippen LogP contribution in [0.2, 0.25) is 0 Å². The summed E-state index contributed by atoms with van der Waals surface area (Å²) in [5.74, 6) is 1.48. The number of aliphatic hydroxyl groups is 2. The van der Waals surface area contributed by atoms with Crippen LogP contribution in [-0.4, -0.2) is 79.0 Å². The number of thioether (sulfide) groups is 1. The van der Waals surface area contributed by atoms with Crippen molar-refractivity contribution in [3.63, 3.8) is 0 Å². The number of methoxy groups -OCH3 is 1. The molecule has 2 aliphatic rings. The third-order valence-electron chi connectivity index (χ3n) is 6.30. The minimum atomic E-state index is -0.740. The summed E-state index contributed by atoms with van der Waals surface area (Å²) >= 11 is 1.52. The minimum Gasteiger partial charge on any atom is -0.497 e. The minimum absolute atomic E-state index is 0.0966. The molecule has 4 rings (SSSR count). The molecule has 0 spiro atoms. The Morgan fingerprint density at radius 1 is 1.13 bits per heavy atom. The Kier molecular flexibility index (Phi) is 7.27. The highest BCUT2D eigenvalue weighted by molar-refractivity contribution is 8.00. The van der Waals surface area contributed by atoms with Gasteiger partial charge in [-0.1, -0.05) is 18.2 Å². The Morgan fingerprint density at radius 3 is 2.61 bits per heavy atom. The predicted octanol–water partition coefficient (Wildman–Crippen LogP) is 2.87.